The Morgan fingerprint density at radius 2 is 2.06 bits per heavy atom. The number of benzene rings is 2. The molecule has 0 unspecified atom stereocenters. The van der Waals surface area contributed by atoms with Crippen molar-refractivity contribution in [3.8, 4) is 0 Å². The number of carbonyl (C=O) groups excluding carboxylic acids is 1. The van der Waals surface area contributed by atoms with E-state index >= 15 is 0 Å². The van der Waals surface area contributed by atoms with Crippen LogP contribution in [0.4, 0.5) is 5.69 Å². The molecule has 1 N–H and O–H groups in total. The number of carbonyl (C=O) groups is 1. The number of esters is 1. The maximum Gasteiger partial charge on any atom is 0.338 e. The van der Waals surface area contributed by atoms with Gasteiger partial charge >= 0.3 is 5.97 Å². The number of hydrogen-bond acceptors (Lipinski definition) is 7. The first-order valence-electron chi connectivity index (χ1n) is 11.3. The van der Waals surface area contributed by atoms with Crippen LogP contribution in [0, 0.1) is 17.0 Å². The highest BCUT2D eigenvalue weighted by Crippen LogP contribution is 2.33. The first-order chi connectivity index (χ1) is 17.3. The molecule has 36 heavy (non-hydrogen) atoms. The molecule has 9 nitrogen and oxygen atoms in total. The number of aryl methyl sites for hydroxylation is 1. The minimum atomic E-state index is -0.912. The van der Waals surface area contributed by atoms with E-state index in [4.69, 9.17) is 4.74 Å². The molecular formula is C26H22N4O5S. The van der Waals surface area contributed by atoms with Crippen LogP contribution >= 0.6 is 11.3 Å². The van der Waals surface area contributed by atoms with E-state index in [-0.39, 0.29) is 23.4 Å². The lowest BCUT2D eigenvalue weighted by Crippen LogP contribution is -2.40. The number of rotatable bonds is 5. The van der Waals surface area contributed by atoms with Gasteiger partial charge in [0.2, 0.25) is 0 Å². The second kappa shape index (κ2) is 9.04. The van der Waals surface area contributed by atoms with Gasteiger partial charge in [-0.1, -0.05) is 41.7 Å². The summed E-state index contributed by atoms with van der Waals surface area (Å²) in [7, 11) is 0. The van der Waals surface area contributed by atoms with Crippen molar-refractivity contribution < 1.29 is 14.5 Å². The summed E-state index contributed by atoms with van der Waals surface area (Å²) in [5, 5.41) is 12.6. The van der Waals surface area contributed by atoms with Crippen molar-refractivity contribution in [1.29, 1.82) is 0 Å². The Morgan fingerprint density at radius 1 is 1.28 bits per heavy atom. The molecule has 1 aliphatic heterocycles. The molecule has 2 aromatic heterocycles. The SMILES string of the molecule is CCOC(=O)C1=C(C)N=c2s/c(=C/c3c[nH]c4ccccc34)c(=O)n2[C@H]1c1ccc(C)c([N+](=O)[O-])c1. The normalized spacial score (nSPS) is 15.6. The third kappa shape index (κ3) is 3.85. The predicted molar refractivity (Wildman–Crippen MR) is 137 cm³/mol. The Balaban J connectivity index is 1.76. The molecule has 0 saturated heterocycles. The number of aromatic nitrogens is 2. The average Bonchev–Trinajstić information content (AvgIpc) is 3.39. The maximum absolute atomic E-state index is 13.7. The molecule has 1 aliphatic rings. The molecule has 0 radical (unpaired) electrons. The summed E-state index contributed by atoms with van der Waals surface area (Å²) >= 11 is 1.21. The first-order valence-corrected chi connectivity index (χ1v) is 12.1. The van der Waals surface area contributed by atoms with E-state index < -0.39 is 16.9 Å². The standard InChI is InChI=1S/C26H22N4O5S/c1-4-35-25(32)22-15(3)28-26-29(23(22)16-10-9-14(2)20(11-16)30(33)34)24(31)21(36-26)12-17-13-27-19-8-6-5-7-18(17)19/h5-13,23,27H,4H2,1-3H3/b21-12+/t23-/m0/s1. The number of nitrogens with one attached hydrogen (secondary N) is 1. The Labute approximate surface area is 208 Å². The smallest absolute Gasteiger partial charge is 0.338 e. The summed E-state index contributed by atoms with van der Waals surface area (Å²) in [6.07, 6.45) is 3.62. The van der Waals surface area contributed by atoms with Crippen LogP contribution < -0.4 is 14.9 Å². The van der Waals surface area contributed by atoms with Gasteiger partial charge in [0.05, 0.1) is 33.4 Å². The summed E-state index contributed by atoms with van der Waals surface area (Å²) in [6.45, 7) is 5.15. The monoisotopic (exact) mass is 502 g/mol. The number of allylic oxidation sites excluding steroid dienone is 1. The van der Waals surface area contributed by atoms with Crippen molar-refractivity contribution in [2.45, 2.75) is 26.8 Å². The number of aromatic amines is 1. The maximum atomic E-state index is 13.7. The van der Waals surface area contributed by atoms with Gasteiger partial charge in [-0.3, -0.25) is 19.5 Å². The quantitative estimate of drug-likeness (QED) is 0.255. The predicted octanol–water partition coefficient (Wildman–Crippen LogP) is 3.50. The Kier molecular flexibility index (Phi) is 5.89. The Hall–Kier alpha value is -4.31. The van der Waals surface area contributed by atoms with E-state index in [1.165, 1.54) is 22.0 Å². The number of H-pyrrole nitrogens is 1. The molecule has 2 aromatic carbocycles. The zero-order valence-electron chi connectivity index (χ0n) is 19.8. The van der Waals surface area contributed by atoms with Crippen LogP contribution in [0.5, 0.6) is 0 Å². The van der Waals surface area contributed by atoms with Gasteiger partial charge in [0.25, 0.3) is 11.2 Å². The summed E-state index contributed by atoms with van der Waals surface area (Å²) in [4.78, 5) is 46.1. The summed E-state index contributed by atoms with van der Waals surface area (Å²) in [5.41, 5.74) is 2.86. The summed E-state index contributed by atoms with van der Waals surface area (Å²) < 4.78 is 7.15. The van der Waals surface area contributed by atoms with Crippen molar-refractivity contribution in [3.63, 3.8) is 0 Å². The van der Waals surface area contributed by atoms with Crippen LogP contribution in [-0.4, -0.2) is 27.1 Å². The van der Waals surface area contributed by atoms with Gasteiger partial charge in [-0.15, -0.1) is 0 Å². The van der Waals surface area contributed by atoms with Crippen molar-refractivity contribution in [1.82, 2.24) is 9.55 Å². The van der Waals surface area contributed by atoms with Crippen molar-refractivity contribution in [2.24, 2.45) is 4.99 Å². The Morgan fingerprint density at radius 3 is 2.81 bits per heavy atom. The van der Waals surface area contributed by atoms with Gasteiger partial charge in [-0.25, -0.2) is 9.79 Å². The van der Waals surface area contributed by atoms with Crippen LogP contribution in [0.2, 0.25) is 0 Å². The number of thiazole rings is 1. The molecule has 5 rings (SSSR count). The molecular weight excluding hydrogens is 480 g/mol. The number of nitro groups is 1. The van der Waals surface area contributed by atoms with Gasteiger partial charge in [-0.05, 0) is 38.5 Å². The zero-order chi connectivity index (χ0) is 25.6. The molecule has 0 fully saturated rings. The number of hydrogen-bond donors (Lipinski definition) is 1. The molecule has 0 spiro atoms. The van der Waals surface area contributed by atoms with Gasteiger partial charge in [-0.2, -0.15) is 0 Å². The lowest BCUT2D eigenvalue weighted by Gasteiger charge is -2.24. The lowest BCUT2D eigenvalue weighted by molar-refractivity contribution is -0.385. The third-order valence-electron chi connectivity index (χ3n) is 6.17. The third-order valence-corrected chi connectivity index (χ3v) is 7.15. The zero-order valence-corrected chi connectivity index (χ0v) is 20.6. The van der Waals surface area contributed by atoms with E-state index in [2.05, 4.69) is 9.98 Å². The van der Waals surface area contributed by atoms with E-state index in [9.17, 15) is 19.7 Å². The number of fused-ring (bicyclic) bond motifs is 2. The highest BCUT2D eigenvalue weighted by Gasteiger charge is 2.34. The molecule has 0 bridgehead atoms. The van der Waals surface area contributed by atoms with Gasteiger partial charge < -0.3 is 9.72 Å². The molecule has 3 heterocycles. The number of nitro benzene ring substituents is 1. The fourth-order valence-electron chi connectivity index (χ4n) is 4.45. The molecule has 0 aliphatic carbocycles. The number of nitrogens with zero attached hydrogens (tertiary/aromatic N) is 3. The number of para-hydroxylation sites is 1. The highest BCUT2D eigenvalue weighted by atomic mass is 32.1. The van der Waals surface area contributed by atoms with Gasteiger partial charge in [0, 0.05) is 34.3 Å². The number of ether oxygens (including phenoxy) is 1. The molecule has 0 amide bonds. The topological polar surface area (TPSA) is 120 Å². The van der Waals surface area contributed by atoms with Crippen LogP contribution in [0.3, 0.4) is 0 Å². The molecule has 0 saturated carbocycles. The fourth-order valence-corrected chi connectivity index (χ4v) is 5.49. The van der Waals surface area contributed by atoms with E-state index in [0.29, 0.717) is 26.2 Å². The first kappa shape index (κ1) is 23.4. The molecule has 1 atom stereocenters. The fraction of sp³-hybridized carbons (Fsp3) is 0.192. The van der Waals surface area contributed by atoms with Gasteiger partial charge in [0.15, 0.2) is 4.80 Å². The second-order valence-corrected chi connectivity index (χ2v) is 9.40. The van der Waals surface area contributed by atoms with E-state index in [1.54, 1.807) is 39.0 Å². The minimum absolute atomic E-state index is 0.0914. The van der Waals surface area contributed by atoms with Crippen molar-refractivity contribution in [3.05, 3.63) is 106 Å². The van der Waals surface area contributed by atoms with E-state index in [1.807, 2.05) is 30.5 Å². The van der Waals surface area contributed by atoms with Crippen LogP contribution in [0.25, 0.3) is 17.0 Å². The van der Waals surface area contributed by atoms with Crippen molar-refractivity contribution >= 4 is 40.0 Å². The van der Waals surface area contributed by atoms with Crippen LogP contribution in [-0.2, 0) is 9.53 Å². The summed E-state index contributed by atoms with van der Waals surface area (Å²) in [5.74, 6) is -0.613. The van der Waals surface area contributed by atoms with Crippen molar-refractivity contribution in [2.75, 3.05) is 6.61 Å². The van der Waals surface area contributed by atoms with E-state index in [0.717, 1.165) is 16.5 Å². The molecule has 4 aromatic rings. The molecule has 10 heteroatoms. The molecule has 182 valence electrons. The lowest BCUT2D eigenvalue weighted by atomic mass is 9.94. The highest BCUT2D eigenvalue weighted by molar-refractivity contribution is 7.07. The van der Waals surface area contributed by atoms with Crippen LogP contribution in [0.15, 0.2) is 69.7 Å². The Bertz CT molecular complexity index is 1760. The summed E-state index contributed by atoms with van der Waals surface area (Å²) in [6, 6.07) is 11.6. The largest absolute Gasteiger partial charge is 0.463 e. The minimum Gasteiger partial charge on any atom is -0.463 e. The van der Waals surface area contributed by atoms with Gasteiger partial charge in [0.1, 0.15) is 0 Å². The average molecular weight is 503 g/mol. The second-order valence-electron chi connectivity index (χ2n) is 8.39. The van der Waals surface area contributed by atoms with Crippen LogP contribution in [0.1, 0.15) is 36.6 Å².